The predicted molar refractivity (Wildman–Crippen MR) is 83.3 cm³/mol. The number of nitrogens with one attached hydrogen (secondary N) is 1. The van der Waals surface area contributed by atoms with Crippen molar-refractivity contribution in [1.82, 2.24) is 10.5 Å². The molecule has 0 spiro atoms. The molecule has 0 aliphatic heterocycles. The average Bonchev–Trinajstić information content (AvgIpc) is 3.21. The van der Waals surface area contributed by atoms with Crippen LogP contribution in [0.4, 0.5) is 10.2 Å². The monoisotopic (exact) mass is 319 g/mol. The summed E-state index contributed by atoms with van der Waals surface area (Å²) in [6.45, 7) is 0. The number of aromatic nitrogens is 1. The molecule has 1 saturated carbocycles. The number of methoxy groups -OCH3 is 1. The lowest BCUT2D eigenvalue weighted by molar-refractivity contribution is 0.0952. The van der Waals surface area contributed by atoms with Crippen LogP contribution >= 0.6 is 0 Å². The second-order valence-electron chi connectivity index (χ2n) is 5.70. The summed E-state index contributed by atoms with van der Waals surface area (Å²) in [4.78, 5) is 14.3. The van der Waals surface area contributed by atoms with Gasteiger partial charge in [-0.3, -0.25) is 4.79 Å². The zero-order valence-corrected chi connectivity index (χ0v) is 13.2. The Morgan fingerprint density at radius 1 is 1.43 bits per heavy atom. The van der Waals surface area contributed by atoms with Crippen LogP contribution in [-0.4, -0.2) is 38.3 Å². The molecule has 1 aromatic heterocycles. The van der Waals surface area contributed by atoms with Crippen molar-refractivity contribution in [3.63, 3.8) is 0 Å². The first-order valence-electron chi connectivity index (χ1n) is 7.33. The van der Waals surface area contributed by atoms with Crippen molar-refractivity contribution in [2.45, 2.75) is 18.9 Å². The molecule has 1 amide bonds. The van der Waals surface area contributed by atoms with Crippen molar-refractivity contribution in [1.29, 1.82) is 0 Å². The van der Waals surface area contributed by atoms with E-state index in [1.165, 1.54) is 25.3 Å². The first-order valence-corrected chi connectivity index (χ1v) is 7.33. The highest BCUT2D eigenvalue weighted by atomic mass is 19.1. The number of benzene rings is 1. The summed E-state index contributed by atoms with van der Waals surface area (Å²) >= 11 is 0. The summed E-state index contributed by atoms with van der Waals surface area (Å²) < 4.78 is 24.0. The topological polar surface area (TPSA) is 67.6 Å². The van der Waals surface area contributed by atoms with Gasteiger partial charge in [-0.05, 0) is 31.0 Å². The Morgan fingerprint density at radius 3 is 2.78 bits per heavy atom. The Balaban J connectivity index is 2.06. The second-order valence-corrected chi connectivity index (χ2v) is 5.70. The first kappa shape index (κ1) is 15.3. The van der Waals surface area contributed by atoms with Gasteiger partial charge < -0.3 is 19.5 Å². The molecule has 0 bridgehead atoms. The summed E-state index contributed by atoms with van der Waals surface area (Å²) in [5, 5.41) is 6.90. The predicted octanol–water partition coefficient (Wildman–Crippen LogP) is 2.45. The number of hydrogen-bond donors (Lipinski definition) is 1. The number of nitrogens with zero attached hydrogens (tertiary/aromatic N) is 2. The Hall–Kier alpha value is -2.57. The highest BCUT2D eigenvalue weighted by molar-refractivity contribution is 6.04. The van der Waals surface area contributed by atoms with E-state index in [0.717, 1.165) is 12.8 Å². The Labute approximate surface area is 133 Å². The summed E-state index contributed by atoms with van der Waals surface area (Å²) in [6.07, 6.45) is 1.96. The number of carbonyl (C=O) groups is 1. The van der Waals surface area contributed by atoms with Gasteiger partial charge >= 0.3 is 0 Å². The largest absolute Gasteiger partial charge is 0.494 e. The standard InChI is InChI=1S/C16H18FN3O3/c1-20(2)15-13(16(21)18-10-5-6-10)14(23-19-15)9-4-7-11(17)12(8-9)22-3/h4,7-8,10H,5-6H2,1-3H3,(H,18,21). The molecule has 122 valence electrons. The van der Waals surface area contributed by atoms with Crippen molar-refractivity contribution in [2.24, 2.45) is 0 Å². The van der Waals surface area contributed by atoms with E-state index >= 15 is 0 Å². The molecule has 0 radical (unpaired) electrons. The number of amides is 1. The SMILES string of the molecule is COc1cc(-c2onc(N(C)C)c2C(=O)NC2CC2)ccc1F. The summed E-state index contributed by atoms with van der Waals surface area (Å²) in [6, 6.07) is 4.51. The fraction of sp³-hybridized carbons (Fsp3) is 0.375. The molecule has 1 aromatic carbocycles. The van der Waals surface area contributed by atoms with Crippen molar-refractivity contribution >= 4 is 11.7 Å². The molecule has 0 unspecified atom stereocenters. The first-order chi connectivity index (χ1) is 11.0. The van der Waals surface area contributed by atoms with E-state index in [-0.39, 0.29) is 17.7 Å². The molecule has 0 atom stereocenters. The second kappa shape index (κ2) is 5.91. The Morgan fingerprint density at radius 2 is 2.17 bits per heavy atom. The molecule has 1 N–H and O–H groups in total. The molecule has 0 saturated heterocycles. The summed E-state index contributed by atoms with van der Waals surface area (Å²) in [5.41, 5.74) is 0.875. The lowest BCUT2D eigenvalue weighted by Crippen LogP contribution is -2.27. The third kappa shape index (κ3) is 2.99. The minimum atomic E-state index is -0.479. The lowest BCUT2D eigenvalue weighted by Gasteiger charge is -2.11. The number of hydrogen-bond acceptors (Lipinski definition) is 5. The maximum atomic E-state index is 13.6. The molecule has 3 rings (SSSR count). The van der Waals surface area contributed by atoms with E-state index in [0.29, 0.717) is 22.7 Å². The lowest BCUT2D eigenvalue weighted by atomic mass is 10.1. The fourth-order valence-corrected chi connectivity index (χ4v) is 2.27. The molecule has 7 heteroatoms. The molecule has 2 aromatic rings. The van der Waals surface area contributed by atoms with Crippen molar-refractivity contribution in [3.05, 3.63) is 29.6 Å². The number of halogens is 1. The summed E-state index contributed by atoms with van der Waals surface area (Å²) in [7, 11) is 4.94. The van der Waals surface area contributed by atoms with Crippen LogP contribution in [0.1, 0.15) is 23.2 Å². The summed E-state index contributed by atoms with van der Waals surface area (Å²) in [5.74, 6) is 0.0915. The van der Waals surface area contributed by atoms with Gasteiger partial charge in [0.15, 0.2) is 23.1 Å². The van der Waals surface area contributed by atoms with E-state index in [1.54, 1.807) is 19.0 Å². The van der Waals surface area contributed by atoms with Gasteiger partial charge in [-0.25, -0.2) is 4.39 Å². The normalized spacial score (nSPS) is 13.7. The smallest absolute Gasteiger partial charge is 0.259 e. The van der Waals surface area contributed by atoms with Crippen LogP contribution in [0.25, 0.3) is 11.3 Å². The van der Waals surface area contributed by atoms with E-state index in [4.69, 9.17) is 9.26 Å². The highest BCUT2D eigenvalue weighted by Crippen LogP contribution is 2.34. The van der Waals surface area contributed by atoms with Gasteiger partial charge in [0.1, 0.15) is 5.56 Å². The van der Waals surface area contributed by atoms with Gasteiger partial charge in [-0.2, -0.15) is 0 Å². The van der Waals surface area contributed by atoms with Crippen LogP contribution < -0.4 is 15.0 Å². The number of carbonyl (C=O) groups excluding carboxylic acids is 1. The fourth-order valence-electron chi connectivity index (χ4n) is 2.27. The Kier molecular flexibility index (Phi) is 3.94. The van der Waals surface area contributed by atoms with Gasteiger partial charge in [-0.15, -0.1) is 0 Å². The van der Waals surface area contributed by atoms with Gasteiger partial charge in [0.25, 0.3) is 5.91 Å². The minimum absolute atomic E-state index is 0.0823. The molecule has 1 aliphatic rings. The van der Waals surface area contributed by atoms with Crippen molar-refractivity contribution in [2.75, 3.05) is 26.1 Å². The third-order valence-corrected chi connectivity index (χ3v) is 3.65. The number of rotatable bonds is 5. The van der Waals surface area contributed by atoms with Gasteiger partial charge in [-0.1, -0.05) is 5.16 Å². The molecule has 23 heavy (non-hydrogen) atoms. The van der Waals surface area contributed by atoms with Gasteiger partial charge in [0, 0.05) is 25.7 Å². The molecular weight excluding hydrogens is 301 g/mol. The number of anilines is 1. The molecule has 6 nitrogen and oxygen atoms in total. The maximum Gasteiger partial charge on any atom is 0.259 e. The van der Waals surface area contributed by atoms with Crippen LogP contribution in [0.2, 0.25) is 0 Å². The minimum Gasteiger partial charge on any atom is -0.494 e. The zero-order valence-electron chi connectivity index (χ0n) is 13.2. The van der Waals surface area contributed by atoms with Crippen LogP contribution in [0.5, 0.6) is 5.75 Å². The van der Waals surface area contributed by atoms with Crippen LogP contribution in [-0.2, 0) is 0 Å². The van der Waals surface area contributed by atoms with E-state index in [1.807, 2.05) is 0 Å². The molecule has 1 fully saturated rings. The molecule has 1 aliphatic carbocycles. The van der Waals surface area contributed by atoms with Crippen LogP contribution in [0, 0.1) is 5.82 Å². The number of ether oxygens (including phenoxy) is 1. The zero-order chi connectivity index (χ0) is 16.6. The maximum absolute atomic E-state index is 13.6. The van der Waals surface area contributed by atoms with E-state index in [9.17, 15) is 9.18 Å². The molecule has 1 heterocycles. The molecular formula is C16H18FN3O3. The highest BCUT2D eigenvalue weighted by Gasteiger charge is 2.30. The quantitative estimate of drug-likeness (QED) is 0.917. The third-order valence-electron chi connectivity index (χ3n) is 3.65. The van der Waals surface area contributed by atoms with E-state index in [2.05, 4.69) is 10.5 Å². The van der Waals surface area contributed by atoms with Gasteiger partial charge in [0.2, 0.25) is 0 Å². The van der Waals surface area contributed by atoms with Crippen LogP contribution in [0.15, 0.2) is 22.7 Å². The Bertz CT molecular complexity index is 738. The van der Waals surface area contributed by atoms with Crippen molar-refractivity contribution < 1.29 is 18.4 Å². The van der Waals surface area contributed by atoms with Crippen molar-refractivity contribution in [3.8, 4) is 17.1 Å². The van der Waals surface area contributed by atoms with E-state index < -0.39 is 5.82 Å². The average molecular weight is 319 g/mol. The van der Waals surface area contributed by atoms with Gasteiger partial charge in [0.05, 0.1) is 7.11 Å². The van der Waals surface area contributed by atoms with Crippen LogP contribution in [0.3, 0.4) is 0 Å².